The topological polar surface area (TPSA) is 105 Å². The molecule has 1 aromatic carbocycles. The average Bonchev–Trinajstić information content (AvgIpc) is 2.98. The van der Waals surface area contributed by atoms with Crippen molar-refractivity contribution in [2.45, 2.75) is 82.0 Å². The fourth-order valence-corrected chi connectivity index (χ4v) is 6.26. The van der Waals surface area contributed by atoms with Gasteiger partial charge in [-0.15, -0.1) is 34.0 Å². The van der Waals surface area contributed by atoms with E-state index in [9.17, 15) is 5.11 Å². The molecule has 2 aliphatic heterocycles. The lowest BCUT2D eigenvalue weighted by Crippen LogP contribution is -2.43. The van der Waals surface area contributed by atoms with E-state index in [0.29, 0.717) is 6.42 Å². The van der Waals surface area contributed by atoms with Crippen molar-refractivity contribution in [2.24, 2.45) is 5.92 Å². The van der Waals surface area contributed by atoms with Crippen molar-refractivity contribution in [1.82, 2.24) is 4.90 Å². The monoisotopic (exact) mass is 593 g/mol. The van der Waals surface area contributed by atoms with Gasteiger partial charge < -0.3 is 25.5 Å². The van der Waals surface area contributed by atoms with Crippen LogP contribution in [0.1, 0.15) is 68.9 Å². The Morgan fingerprint density at radius 3 is 2.64 bits per heavy atom. The Hall–Kier alpha value is -0.640. The second-order valence-corrected chi connectivity index (χ2v) is 9.61. The Balaban J connectivity index is 0.00000136. The summed E-state index contributed by atoms with van der Waals surface area (Å²) < 4.78 is 12.0. The number of nitrogens with zero attached hydrogens (tertiary/aromatic N) is 1. The molecule has 1 fully saturated rings. The molecule has 2 heterocycles. The van der Waals surface area contributed by atoms with Gasteiger partial charge in [-0.1, -0.05) is 50.3 Å². The fourth-order valence-electron chi connectivity index (χ4n) is 6.26. The standard InChI is InChI=1S/C25H35NO3.2BrH.2H2O/c1-28-21-10-9-19-17-26(14-5-8-18-6-3-2-4-7-18)15-13-25-12-11-20(27)16-22(25)29-24(21)23(19)25;;;;/h9-12,18,20,22,27H,2-8,13-17H2,1H3;2*1H;2*1H2. The first-order chi connectivity index (χ1) is 14.2. The molecule has 1 spiro atoms. The summed E-state index contributed by atoms with van der Waals surface area (Å²) in [5.41, 5.74) is 2.58. The summed E-state index contributed by atoms with van der Waals surface area (Å²) in [5.74, 6) is 2.70. The van der Waals surface area contributed by atoms with Crippen molar-refractivity contribution in [3.63, 3.8) is 0 Å². The molecule has 8 heteroatoms. The summed E-state index contributed by atoms with van der Waals surface area (Å²) in [6, 6.07) is 4.30. The van der Waals surface area contributed by atoms with Crippen LogP contribution in [0, 0.1) is 5.92 Å². The van der Waals surface area contributed by atoms with E-state index < -0.39 is 6.10 Å². The van der Waals surface area contributed by atoms with Crippen LogP contribution < -0.4 is 9.47 Å². The molecule has 0 amide bonds. The zero-order valence-corrected chi connectivity index (χ0v) is 23.0. The molecule has 1 saturated carbocycles. The van der Waals surface area contributed by atoms with E-state index in [1.807, 2.05) is 6.08 Å². The maximum absolute atomic E-state index is 10.2. The molecule has 0 radical (unpaired) electrons. The predicted octanol–water partition coefficient (Wildman–Crippen LogP) is 4.09. The van der Waals surface area contributed by atoms with E-state index >= 15 is 0 Å². The first-order valence-corrected chi connectivity index (χ1v) is 11.7. The molecule has 0 saturated heterocycles. The van der Waals surface area contributed by atoms with Crippen molar-refractivity contribution in [2.75, 3.05) is 20.2 Å². The van der Waals surface area contributed by atoms with Gasteiger partial charge in [0.05, 0.1) is 18.6 Å². The van der Waals surface area contributed by atoms with Crippen LogP contribution >= 0.6 is 34.0 Å². The van der Waals surface area contributed by atoms with E-state index in [-0.39, 0.29) is 56.4 Å². The molecular formula is C25H41Br2NO5. The molecular weight excluding hydrogens is 554 g/mol. The van der Waals surface area contributed by atoms with Crippen molar-refractivity contribution >= 4 is 34.0 Å². The zero-order valence-electron chi connectivity index (χ0n) is 19.6. The Kier molecular flexibility index (Phi) is 11.9. The molecule has 0 aromatic heterocycles. The van der Waals surface area contributed by atoms with E-state index in [1.54, 1.807) is 7.11 Å². The summed E-state index contributed by atoms with van der Waals surface area (Å²) in [5, 5.41) is 10.2. The molecule has 5 N–H and O–H groups in total. The number of aliphatic hydroxyl groups excluding tert-OH is 1. The second-order valence-electron chi connectivity index (χ2n) is 9.61. The summed E-state index contributed by atoms with van der Waals surface area (Å²) >= 11 is 0. The smallest absolute Gasteiger partial charge is 0.166 e. The summed E-state index contributed by atoms with van der Waals surface area (Å²) in [7, 11) is 1.72. The minimum Gasteiger partial charge on any atom is -0.493 e. The molecule has 190 valence electrons. The van der Waals surface area contributed by atoms with Gasteiger partial charge >= 0.3 is 0 Å². The maximum Gasteiger partial charge on any atom is 0.166 e. The number of hydrogen-bond acceptors (Lipinski definition) is 4. The minimum absolute atomic E-state index is 0. The Morgan fingerprint density at radius 2 is 1.91 bits per heavy atom. The minimum atomic E-state index is -0.413. The molecule has 1 aromatic rings. The Labute approximate surface area is 218 Å². The number of halogens is 2. The average molecular weight is 595 g/mol. The maximum atomic E-state index is 10.2. The Morgan fingerprint density at radius 1 is 1.15 bits per heavy atom. The highest BCUT2D eigenvalue weighted by Gasteiger charge is 2.52. The van der Waals surface area contributed by atoms with Gasteiger partial charge in [-0.3, -0.25) is 4.90 Å². The van der Waals surface area contributed by atoms with Crippen LogP contribution in [0.4, 0.5) is 0 Å². The number of rotatable bonds is 5. The second kappa shape index (κ2) is 12.9. The normalized spacial score (nSPS) is 27.8. The number of hydrogen-bond donors (Lipinski definition) is 1. The molecule has 2 aliphatic carbocycles. The van der Waals surface area contributed by atoms with Gasteiger partial charge in [0.25, 0.3) is 0 Å². The van der Waals surface area contributed by atoms with Crippen molar-refractivity contribution in [3.8, 4) is 11.5 Å². The lowest BCUT2D eigenvalue weighted by atomic mass is 9.69. The van der Waals surface area contributed by atoms with Gasteiger partial charge in [-0.2, -0.15) is 0 Å². The third kappa shape index (κ3) is 5.78. The lowest BCUT2D eigenvalue weighted by Gasteiger charge is -2.36. The van der Waals surface area contributed by atoms with Crippen LogP contribution in [0.3, 0.4) is 0 Å². The predicted molar refractivity (Wildman–Crippen MR) is 142 cm³/mol. The van der Waals surface area contributed by atoms with Crippen LogP contribution in [0.25, 0.3) is 0 Å². The largest absolute Gasteiger partial charge is 0.493 e. The molecule has 0 bridgehead atoms. The van der Waals surface area contributed by atoms with Crippen molar-refractivity contribution in [3.05, 3.63) is 35.4 Å². The quantitative estimate of drug-likeness (QED) is 0.518. The molecule has 6 nitrogen and oxygen atoms in total. The van der Waals surface area contributed by atoms with Gasteiger partial charge in [0.15, 0.2) is 11.5 Å². The van der Waals surface area contributed by atoms with E-state index in [1.165, 1.54) is 62.6 Å². The number of aliphatic hydroxyl groups is 1. The molecule has 3 unspecified atom stereocenters. The number of benzene rings is 1. The van der Waals surface area contributed by atoms with Gasteiger partial charge in [0, 0.05) is 18.5 Å². The Bertz CT molecular complexity index is 786. The molecule has 5 rings (SSSR count). The summed E-state index contributed by atoms with van der Waals surface area (Å²) in [6.45, 7) is 3.26. The van der Waals surface area contributed by atoms with E-state index in [2.05, 4.69) is 23.1 Å². The summed E-state index contributed by atoms with van der Waals surface area (Å²) in [4.78, 5) is 2.65. The number of ether oxygens (including phenoxy) is 2. The molecule has 3 atom stereocenters. The zero-order chi connectivity index (χ0) is 19.8. The highest BCUT2D eigenvalue weighted by molar-refractivity contribution is 8.93. The first kappa shape index (κ1) is 30.4. The third-order valence-electron chi connectivity index (χ3n) is 7.85. The van der Waals surface area contributed by atoms with Crippen LogP contribution in [0.15, 0.2) is 24.3 Å². The summed E-state index contributed by atoms with van der Waals surface area (Å²) in [6.07, 6.45) is 15.4. The SMILES string of the molecule is Br.Br.COc1ccc2c3c1OC1CC(O)C=CC31CCN(CCCC1CCCCC1)C2.O.O. The lowest BCUT2D eigenvalue weighted by molar-refractivity contribution is 0.0808. The highest BCUT2D eigenvalue weighted by Crippen LogP contribution is 2.55. The molecule has 33 heavy (non-hydrogen) atoms. The van der Waals surface area contributed by atoms with Crippen molar-refractivity contribution < 1.29 is 25.5 Å². The fraction of sp³-hybridized carbons (Fsp3) is 0.680. The van der Waals surface area contributed by atoms with Crippen LogP contribution in [-0.4, -0.2) is 53.4 Å². The first-order valence-electron chi connectivity index (χ1n) is 11.7. The van der Waals surface area contributed by atoms with Crippen LogP contribution in [0.2, 0.25) is 0 Å². The van der Waals surface area contributed by atoms with E-state index in [4.69, 9.17) is 9.47 Å². The van der Waals surface area contributed by atoms with Crippen LogP contribution in [0.5, 0.6) is 11.5 Å². The van der Waals surface area contributed by atoms with E-state index in [0.717, 1.165) is 36.9 Å². The molecule has 4 aliphatic rings. The van der Waals surface area contributed by atoms with Gasteiger partial charge in [-0.25, -0.2) is 0 Å². The van der Waals surface area contributed by atoms with Crippen molar-refractivity contribution in [1.29, 1.82) is 0 Å². The van der Waals surface area contributed by atoms with Gasteiger partial charge in [0.1, 0.15) is 6.10 Å². The van der Waals surface area contributed by atoms with Gasteiger partial charge in [0.2, 0.25) is 0 Å². The third-order valence-corrected chi connectivity index (χ3v) is 7.85. The number of methoxy groups -OCH3 is 1. The van der Waals surface area contributed by atoms with Crippen LogP contribution in [-0.2, 0) is 12.0 Å². The highest BCUT2D eigenvalue weighted by atomic mass is 79.9. The van der Waals surface area contributed by atoms with Gasteiger partial charge in [-0.05, 0) is 49.9 Å².